The molecule has 0 bridgehead atoms. The van der Waals surface area contributed by atoms with Crippen molar-refractivity contribution in [1.29, 1.82) is 0 Å². The van der Waals surface area contributed by atoms with Crippen LogP contribution in [0.2, 0.25) is 0 Å². The first-order valence-electron chi connectivity index (χ1n) is 6.16. The van der Waals surface area contributed by atoms with Gasteiger partial charge in [-0.05, 0) is 24.3 Å². The lowest BCUT2D eigenvalue weighted by Gasteiger charge is -2.20. The Labute approximate surface area is 102 Å². The molecule has 1 saturated carbocycles. The maximum absolute atomic E-state index is 11.1. The second-order valence-corrected chi connectivity index (χ2v) is 4.51. The maximum atomic E-state index is 11.1. The fraction of sp³-hybridized carbons (Fsp3) is 0.500. The lowest BCUT2D eigenvalue weighted by molar-refractivity contribution is -0.139. The summed E-state index contributed by atoms with van der Waals surface area (Å²) in [6, 6.07) is 10.9. The smallest absolute Gasteiger partial charge is 0.319 e. The molecule has 2 rings (SSSR count). The van der Waals surface area contributed by atoms with Gasteiger partial charge < -0.3 is 10.1 Å². The van der Waals surface area contributed by atoms with Gasteiger partial charge >= 0.3 is 5.97 Å². The average Bonchev–Trinajstić information content (AvgIpc) is 2.85. The van der Waals surface area contributed by atoms with E-state index in [1.54, 1.807) is 0 Å². The maximum Gasteiger partial charge on any atom is 0.319 e. The molecule has 1 aromatic carbocycles. The summed E-state index contributed by atoms with van der Waals surface area (Å²) in [6.07, 6.45) is 3.55. The molecule has 1 aliphatic carbocycles. The molecule has 3 heteroatoms. The van der Waals surface area contributed by atoms with Crippen LogP contribution in [0.3, 0.4) is 0 Å². The molecule has 0 saturated heterocycles. The Balaban J connectivity index is 1.96. The van der Waals surface area contributed by atoms with Gasteiger partial charge in [0.1, 0.15) is 0 Å². The van der Waals surface area contributed by atoms with Crippen LogP contribution in [-0.4, -0.2) is 25.7 Å². The van der Waals surface area contributed by atoms with E-state index in [0.717, 1.165) is 6.42 Å². The van der Waals surface area contributed by atoms with Crippen LogP contribution in [0.15, 0.2) is 30.3 Å². The minimum absolute atomic E-state index is 0.191. The van der Waals surface area contributed by atoms with Crippen molar-refractivity contribution in [3.63, 3.8) is 0 Å². The molecule has 0 radical (unpaired) electrons. The fourth-order valence-corrected chi connectivity index (χ4v) is 2.59. The molecule has 1 N–H and O–H groups in total. The Kier molecular flexibility index (Phi) is 4.15. The van der Waals surface area contributed by atoms with Crippen molar-refractivity contribution >= 4 is 5.97 Å². The van der Waals surface area contributed by atoms with E-state index in [1.165, 1.54) is 25.5 Å². The normalized spacial score (nSPS) is 23.6. The Morgan fingerprint density at radius 1 is 1.35 bits per heavy atom. The quantitative estimate of drug-likeness (QED) is 0.809. The number of hydrogen-bond acceptors (Lipinski definition) is 3. The first kappa shape index (κ1) is 12.1. The van der Waals surface area contributed by atoms with Gasteiger partial charge in [0.05, 0.1) is 13.7 Å². The zero-order valence-electron chi connectivity index (χ0n) is 10.2. The van der Waals surface area contributed by atoms with E-state index in [0.29, 0.717) is 18.5 Å². The molecule has 1 fully saturated rings. The van der Waals surface area contributed by atoms with Gasteiger partial charge in [-0.1, -0.05) is 36.8 Å². The molecule has 3 nitrogen and oxygen atoms in total. The van der Waals surface area contributed by atoms with Crippen molar-refractivity contribution in [2.75, 3.05) is 13.7 Å². The van der Waals surface area contributed by atoms with Gasteiger partial charge in [0.2, 0.25) is 0 Å². The highest BCUT2D eigenvalue weighted by Crippen LogP contribution is 2.34. The van der Waals surface area contributed by atoms with Crippen molar-refractivity contribution in [1.82, 2.24) is 5.32 Å². The molecule has 0 aromatic heterocycles. The van der Waals surface area contributed by atoms with Crippen LogP contribution in [0.4, 0.5) is 0 Å². The predicted octanol–water partition coefficient (Wildman–Crippen LogP) is 2.09. The standard InChI is InChI=1S/C14H19NO2/c1-17-14(16)10-15-13-9-5-8-12(13)11-6-3-2-4-7-11/h2-4,6-7,12-13,15H,5,8-10H2,1H3/t12-,13+/m0/s1. The Morgan fingerprint density at radius 2 is 2.12 bits per heavy atom. The highest BCUT2D eigenvalue weighted by molar-refractivity contribution is 5.71. The van der Waals surface area contributed by atoms with Crippen LogP contribution in [0.1, 0.15) is 30.7 Å². The Hall–Kier alpha value is -1.35. The molecule has 92 valence electrons. The van der Waals surface area contributed by atoms with E-state index < -0.39 is 0 Å². The summed E-state index contributed by atoms with van der Waals surface area (Å²) in [6.45, 7) is 0.310. The summed E-state index contributed by atoms with van der Waals surface area (Å²) < 4.78 is 4.65. The molecular weight excluding hydrogens is 214 g/mol. The van der Waals surface area contributed by atoms with E-state index in [-0.39, 0.29) is 5.97 Å². The number of ether oxygens (including phenoxy) is 1. The van der Waals surface area contributed by atoms with Gasteiger partial charge in [-0.2, -0.15) is 0 Å². The van der Waals surface area contributed by atoms with Crippen LogP contribution < -0.4 is 5.32 Å². The zero-order chi connectivity index (χ0) is 12.1. The van der Waals surface area contributed by atoms with Gasteiger partial charge in [-0.15, -0.1) is 0 Å². The van der Waals surface area contributed by atoms with Gasteiger partial charge in [0, 0.05) is 6.04 Å². The van der Waals surface area contributed by atoms with Crippen molar-refractivity contribution < 1.29 is 9.53 Å². The molecular formula is C14H19NO2. The van der Waals surface area contributed by atoms with Crippen molar-refractivity contribution in [3.8, 4) is 0 Å². The van der Waals surface area contributed by atoms with Gasteiger partial charge in [0.25, 0.3) is 0 Å². The summed E-state index contributed by atoms with van der Waals surface area (Å²) in [7, 11) is 1.42. The minimum Gasteiger partial charge on any atom is -0.468 e. The highest BCUT2D eigenvalue weighted by Gasteiger charge is 2.28. The number of carbonyl (C=O) groups excluding carboxylic acids is 1. The summed E-state index contributed by atoms with van der Waals surface area (Å²) in [5.41, 5.74) is 1.37. The van der Waals surface area contributed by atoms with Gasteiger partial charge in [-0.25, -0.2) is 0 Å². The van der Waals surface area contributed by atoms with Crippen LogP contribution in [0.25, 0.3) is 0 Å². The van der Waals surface area contributed by atoms with Gasteiger partial charge in [0.15, 0.2) is 0 Å². The SMILES string of the molecule is COC(=O)CN[C@@H]1CCC[C@H]1c1ccccc1. The number of nitrogens with one attached hydrogen (secondary N) is 1. The number of rotatable bonds is 4. The third-order valence-corrected chi connectivity index (χ3v) is 3.48. The monoisotopic (exact) mass is 233 g/mol. The zero-order valence-corrected chi connectivity index (χ0v) is 10.2. The first-order chi connectivity index (χ1) is 8.31. The largest absolute Gasteiger partial charge is 0.468 e. The average molecular weight is 233 g/mol. The first-order valence-corrected chi connectivity index (χ1v) is 6.16. The number of hydrogen-bond donors (Lipinski definition) is 1. The van der Waals surface area contributed by atoms with Crippen molar-refractivity contribution in [2.45, 2.75) is 31.2 Å². The number of benzene rings is 1. The fourth-order valence-electron chi connectivity index (χ4n) is 2.59. The topological polar surface area (TPSA) is 38.3 Å². The molecule has 0 aliphatic heterocycles. The van der Waals surface area contributed by atoms with Crippen LogP contribution in [0, 0.1) is 0 Å². The lowest BCUT2D eigenvalue weighted by atomic mass is 9.94. The predicted molar refractivity (Wildman–Crippen MR) is 66.8 cm³/mol. The van der Waals surface area contributed by atoms with Crippen LogP contribution in [0.5, 0.6) is 0 Å². The highest BCUT2D eigenvalue weighted by atomic mass is 16.5. The van der Waals surface area contributed by atoms with Gasteiger partial charge in [-0.3, -0.25) is 4.79 Å². The lowest BCUT2D eigenvalue weighted by Crippen LogP contribution is -2.35. The van der Waals surface area contributed by atoms with E-state index in [2.05, 4.69) is 34.3 Å². The Morgan fingerprint density at radius 3 is 2.82 bits per heavy atom. The molecule has 1 aliphatic rings. The molecule has 17 heavy (non-hydrogen) atoms. The molecule has 2 atom stereocenters. The Bertz CT molecular complexity index is 364. The van der Waals surface area contributed by atoms with Crippen molar-refractivity contribution in [2.24, 2.45) is 0 Å². The summed E-state index contributed by atoms with van der Waals surface area (Å²) in [4.78, 5) is 11.1. The van der Waals surface area contributed by atoms with Crippen molar-refractivity contribution in [3.05, 3.63) is 35.9 Å². The summed E-state index contributed by atoms with van der Waals surface area (Å²) in [5, 5.41) is 3.31. The molecule has 0 heterocycles. The van der Waals surface area contributed by atoms with E-state index in [4.69, 9.17) is 0 Å². The van der Waals surface area contributed by atoms with Crippen LogP contribution in [-0.2, 0) is 9.53 Å². The molecule has 0 spiro atoms. The molecule has 1 aromatic rings. The summed E-state index contributed by atoms with van der Waals surface area (Å²) in [5.74, 6) is 0.338. The van der Waals surface area contributed by atoms with Crippen LogP contribution >= 0.6 is 0 Å². The third kappa shape index (κ3) is 3.07. The second kappa shape index (κ2) is 5.82. The number of methoxy groups -OCH3 is 1. The summed E-state index contributed by atoms with van der Waals surface area (Å²) >= 11 is 0. The number of esters is 1. The molecule has 0 unspecified atom stereocenters. The third-order valence-electron chi connectivity index (χ3n) is 3.48. The molecule has 0 amide bonds. The van der Waals surface area contributed by atoms with E-state index in [1.807, 2.05) is 6.07 Å². The number of carbonyl (C=O) groups is 1. The van der Waals surface area contributed by atoms with E-state index >= 15 is 0 Å². The minimum atomic E-state index is -0.191. The van der Waals surface area contributed by atoms with E-state index in [9.17, 15) is 4.79 Å². The second-order valence-electron chi connectivity index (χ2n) is 4.51.